The zero-order valence-corrected chi connectivity index (χ0v) is 16.2. The van der Waals surface area contributed by atoms with Gasteiger partial charge < -0.3 is 9.72 Å². The minimum atomic E-state index is -0.624. The summed E-state index contributed by atoms with van der Waals surface area (Å²) >= 11 is 1.28. The molecular formula is C19H18N4O3S. The van der Waals surface area contributed by atoms with E-state index in [2.05, 4.69) is 9.97 Å². The van der Waals surface area contributed by atoms with Gasteiger partial charge in [0.15, 0.2) is 5.16 Å². The average molecular weight is 382 g/mol. The van der Waals surface area contributed by atoms with Gasteiger partial charge in [0.1, 0.15) is 17.2 Å². The Balaban J connectivity index is 2.22. The summed E-state index contributed by atoms with van der Waals surface area (Å²) in [6.07, 6.45) is 2.89. The monoisotopic (exact) mass is 382 g/mol. The Kier molecular flexibility index (Phi) is 4.81. The van der Waals surface area contributed by atoms with Crippen molar-refractivity contribution in [2.75, 3.05) is 6.26 Å². The summed E-state index contributed by atoms with van der Waals surface area (Å²) in [5.41, 5.74) is 0.325. The first-order valence-corrected chi connectivity index (χ1v) is 9.40. The Hall–Kier alpha value is -3.05. The van der Waals surface area contributed by atoms with Crippen molar-refractivity contribution < 1.29 is 9.53 Å². The molecule has 0 radical (unpaired) electrons. The third-order valence-corrected chi connectivity index (χ3v) is 4.36. The van der Waals surface area contributed by atoms with Crippen LogP contribution in [0.2, 0.25) is 0 Å². The third-order valence-electron chi connectivity index (χ3n) is 3.78. The summed E-state index contributed by atoms with van der Waals surface area (Å²) in [7, 11) is 0. The van der Waals surface area contributed by atoms with Crippen LogP contribution in [0.4, 0.5) is 4.79 Å². The molecule has 3 aromatic rings. The molecule has 0 aliphatic carbocycles. The summed E-state index contributed by atoms with van der Waals surface area (Å²) in [5, 5.41) is 10.5. The van der Waals surface area contributed by atoms with Crippen molar-refractivity contribution >= 4 is 28.8 Å². The van der Waals surface area contributed by atoms with E-state index < -0.39 is 17.3 Å². The third kappa shape index (κ3) is 3.59. The van der Waals surface area contributed by atoms with Crippen molar-refractivity contribution in [3.63, 3.8) is 0 Å². The molecule has 8 heteroatoms. The molecule has 1 aromatic carbocycles. The van der Waals surface area contributed by atoms with E-state index in [-0.39, 0.29) is 11.3 Å². The molecule has 0 amide bonds. The minimum Gasteiger partial charge on any atom is -0.443 e. The molecule has 3 rings (SSSR count). The molecule has 27 heavy (non-hydrogen) atoms. The van der Waals surface area contributed by atoms with E-state index in [9.17, 15) is 14.9 Å². The number of nitrogens with zero attached hydrogens (tertiary/aromatic N) is 3. The first-order valence-electron chi connectivity index (χ1n) is 8.17. The van der Waals surface area contributed by atoms with Gasteiger partial charge in [0.05, 0.1) is 11.2 Å². The van der Waals surface area contributed by atoms with Crippen molar-refractivity contribution in [2.45, 2.75) is 31.5 Å². The van der Waals surface area contributed by atoms with Gasteiger partial charge in [-0.05, 0) is 39.2 Å². The van der Waals surface area contributed by atoms with Gasteiger partial charge in [-0.25, -0.2) is 9.78 Å². The van der Waals surface area contributed by atoms with E-state index >= 15 is 0 Å². The standard InChI is InChI=1S/C19H18N4O3S/c1-19(2,3)26-18(25)23-9-8-11-12(6-5-7-14(11)23)15-13(10-20)16(24)22-17(21-15)27-4/h5-9H,1-4H3,(H,21,22,24). The molecule has 0 aliphatic rings. The number of nitriles is 1. The molecule has 0 atom stereocenters. The van der Waals surface area contributed by atoms with Crippen LogP contribution in [0.25, 0.3) is 22.2 Å². The molecule has 0 spiro atoms. The van der Waals surface area contributed by atoms with E-state index in [0.717, 1.165) is 0 Å². The van der Waals surface area contributed by atoms with Crippen LogP contribution in [0, 0.1) is 11.3 Å². The quantitative estimate of drug-likeness (QED) is 0.535. The van der Waals surface area contributed by atoms with Crippen LogP contribution in [0.5, 0.6) is 0 Å². The molecule has 1 N–H and O–H groups in total. The Morgan fingerprint density at radius 2 is 2.07 bits per heavy atom. The van der Waals surface area contributed by atoms with Gasteiger partial charge >= 0.3 is 6.09 Å². The number of benzene rings is 1. The highest BCUT2D eigenvalue weighted by Crippen LogP contribution is 2.30. The van der Waals surface area contributed by atoms with Gasteiger partial charge in [0.2, 0.25) is 0 Å². The van der Waals surface area contributed by atoms with Crippen LogP contribution in [-0.2, 0) is 4.74 Å². The number of carbonyl (C=O) groups excluding carboxylic acids is 1. The van der Waals surface area contributed by atoms with Gasteiger partial charge in [0.25, 0.3) is 5.56 Å². The molecule has 0 unspecified atom stereocenters. The number of carbonyl (C=O) groups is 1. The normalized spacial score (nSPS) is 11.4. The van der Waals surface area contributed by atoms with Crippen LogP contribution in [0.15, 0.2) is 40.4 Å². The van der Waals surface area contributed by atoms with Crippen LogP contribution in [0.1, 0.15) is 26.3 Å². The number of aromatic nitrogens is 3. The SMILES string of the molecule is CSc1nc(-c2cccc3c2ccn3C(=O)OC(C)(C)C)c(C#N)c(=O)[nH]1. The topological polar surface area (TPSA) is 101 Å². The lowest BCUT2D eigenvalue weighted by atomic mass is 10.0. The molecule has 138 valence electrons. The number of nitrogens with one attached hydrogen (secondary N) is 1. The van der Waals surface area contributed by atoms with Gasteiger partial charge in [-0.15, -0.1) is 0 Å². The number of hydrogen-bond acceptors (Lipinski definition) is 6. The van der Waals surface area contributed by atoms with Gasteiger partial charge in [-0.2, -0.15) is 5.26 Å². The number of rotatable bonds is 2. The largest absolute Gasteiger partial charge is 0.443 e. The Bertz CT molecular complexity index is 1130. The molecule has 7 nitrogen and oxygen atoms in total. The first-order chi connectivity index (χ1) is 12.7. The second kappa shape index (κ2) is 6.93. The fourth-order valence-corrected chi connectivity index (χ4v) is 3.07. The zero-order valence-electron chi connectivity index (χ0n) is 15.4. The predicted molar refractivity (Wildman–Crippen MR) is 104 cm³/mol. The summed E-state index contributed by atoms with van der Waals surface area (Å²) in [4.78, 5) is 31.7. The molecular weight excluding hydrogens is 364 g/mol. The van der Waals surface area contributed by atoms with E-state index in [1.165, 1.54) is 16.3 Å². The number of hydrogen-bond donors (Lipinski definition) is 1. The molecule has 0 aliphatic heterocycles. The lowest BCUT2D eigenvalue weighted by molar-refractivity contribution is 0.0544. The van der Waals surface area contributed by atoms with Crippen molar-refractivity contribution in [1.82, 2.24) is 14.5 Å². The molecule has 0 saturated carbocycles. The number of ether oxygens (including phenoxy) is 1. The highest BCUT2D eigenvalue weighted by molar-refractivity contribution is 7.98. The average Bonchev–Trinajstić information content (AvgIpc) is 3.03. The summed E-state index contributed by atoms with van der Waals surface area (Å²) in [6.45, 7) is 5.39. The minimum absolute atomic E-state index is 0.0645. The lowest BCUT2D eigenvalue weighted by Crippen LogP contribution is -2.26. The van der Waals surface area contributed by atoms with Crippen molar-refractivity contribution in [3.8, 4) is 17.3 Å². The Morgan fingerprint density at radius 3 is 2.70 bits per heavy atom. The number of thioether (sulfide) groups is 1. The van der Waals surface area contributed by atoms with Crippen molar-refractivity contribution in [3.05, 3.63) is 46.4 Å². The fraction of sp³-hybridized carbons (Fsp3) is 0.263. The smallest absolute Gasteiger partial charge is 0.418 e. The van der Waals surface area contributed by atoms with Crippen molar-refractivity contribution in [2.24, 2.45) is 0 Å². The second-order valence-electron chi connectivity index (χ2n) is 6.82. The predicted octanol–water partition coefficient (Wildman–Crippen LogP) is 3.77. The Labute approximate surface area is 160 Å². The fourth-order valence-electron chi connectivity index (χ4n) is 2.69. The second-order valence-corrected chi connectivity index (χ2v) is 7.61. The molecule has 0 saturated heterocycles. The van der Waals surface area contributed by atoms with Gasteiger partial charge in [0, 0.05) is 17.1 Å². The molecule has 0 fully saturated rings. The first kappa shape index (κ1) is 18.7. The van der Waals surface area contributed by atoms with Crippen LogP contribution < -0.4 is 5.56 Å². The van der Waals surface area contributed by atoms with E-state index in [1.54, 1.807) is 57.5 Å². The summed E-state index contributed by atoms with van der Waals surface area (Å²) in [5.74, 6) is 0. The van der Waals surface area contributed by atoms with Crippen molar-refractivity contribution in [1.29, 1.82) is 5.26 Å². The number of aromatic amines is 1. The molecule has 0 bridgehead atoms. The maximum Gasteiger partial charge on any atom is 0.418 e. The van der Waals surface area contributed by atoms with E-state index in [1.807, 2.05) is 6.07 Å². The van der Waals surface area contributed by atoms with Crippen LogP contribution in [0.3, 0.4) is 0 Å². The molecule has 2 heterocycles. The maximum atomic E-state index is 12.5. The van der Waals surface area contributed by atoms with Gasteiger partial charge in [-0.1, -0.05) is 23.9 Å². The summed E-state index contributed by atoms with van der Waals surface area (Å²) in [6, 6.07) is 8.97. The van der Waals surface area contributed by atoms with Crippen LogP contribution in [-0.4, -0.2) is 32.5 Å². The van der Waals surface area contributed by atoms with E-state index in [0.29, 0.717) is 21.6 Å². The highest BCUT2D eigenvalue weighted by atomic mass is 32.2. The maximum absolute atomic E-state index is 12.5. The van der Waals surface area contributed by atoms with E-state index in [4.69, 9.17) is 4.74 Å². The zero-order chi connectivity index (χ0) is 19.8. The highest BCUT2D eigenvalue weighted by Gasteiger charge is 2.21. The number of fused-ring (bicyclic) bond motifs is 1. The van der Waals surface area contributed by atoms with Gasteiger partial charge in [-0.3, -0.25) is 9.36 Å². The summed E-state index contributed by atoms with van der Waals surface area (Å²) < 4.78 is 6.84. The Morgan fingerprint density at radius 1 is 1.33 bits per heavy atom. The lowest BCUT2D eigenvalue weighted by Gasteiger charge is -2.19. The van der Waals surface area contributed by atoms with Crippen LogP contribution >= 0.6 is 11.8 Å². The molecule has 2 aromatic heterocycles. The number of H-pyrrole nitrogens is 1.